The van der Waals surface area contributed by atoms with E-state index in [2.05, 4.69) is 5.32 Å². The minimum Gasteiger partial charge on any atom is -0.445 e. The summed E-state index contributed by atoms with van der Waals surface area (Å²) in [6.07, 6.45) is -1.91. The van der Waals surface area contributed by atoms with E-state index in [4.69, 9.17) is 8.92 Å². The highest BCUT2D eigenvalue weighted by atomic mass is 32.2. The van der Waals surface area contributed by atoms with Gasteiger partial charge in [0.15, 0.2) is 0 Å². The number of aliphatic hydroxyl groups excluding tert-OH is 1. The Morgan fingerprint density at radius 3 is 2.42 bits per heavy atom. The maximum atomic E-state index is 12.0. The van der Waals surface area contributed by atoms with Gasteiger partial charge in [0.25, 0.3) is 10.1 Å². The summed E-state index contributed by atoms with van der Waals surface area (Å²) < 4.78 is 33.8. The van der Waals surface area contributed by atoms with Crippen molar-refractivity contribution in [3.63, 3.8) is 0 Å². The average molecular weight is 379 g/mol. The van der Waals surface area contributed by atoms with Gasteiger partial charge in [-0.3, -0.25) is 4.18 Å². The van der Waals surface area contributed by atoms with E-state index in [-0.39, 0.29) is 18.0 Å². The maximum Gasteiger partial charge on any atom is 0.407 e. The summed E-state index contributed by atoms with van der Waals surface area (Å²) in [5.41, 5.74) is 1.75. The van der Waals surface area contributed by atoms with Crippen molar-refractivity contribution in [1.29, 1.82) is 0 Å². The van der Waals surface area contributed by atoms with Crippen LogP contribution in [0.25, 0.3) is 0 Å². The van der Waals surface area contributed by atoms with E-state index in [0.717, 1.165) is 11.1 Å². The second-order valence-corrected chi connectivity index (χ2v) is 7.26. The highest BCUT2D eigenvalue weighted by Crippen LogP contribution is 2.13. The lowest BCUT2D eigenvalue weighted by Gasteiger charge is -2.13. The molecule has 0 unspecified atom stereocenters. The van der Waals surface area contributed by atoms with Crippen LogP contribution in [0, 0.1) is 6.92 Å². The number of hydrogen-bond donors (Lipinski definition) is 2. The van der Waals surface area contributed by atoms with Crippen molar-refractivity contribution in [2.24, 2.45) is 0 Å². The summed E-state index contributed by atoms with van der Waals surface area (Å²) in [6, 6.07) is 15.3. The first kappa shape index (κ1) is 19.9. The van der Waals surface area contributed by atoms with Crippen molar-refractivity contribution in [2.75, 3.05) is 13.2 Å². The van der Waals surface area contributed by atoms with Crippen molar-refractivity contribution in [1.82, 2.24) is 5.32 Å². The van der Waals surface area contributed by atoms with E-state index in [1.165, 1.54) is 12.1 Å². The van der Waals surface area contributed by atoms with Crippen molar-refractivity contribution in [2.45, 2.75) is 24.5 Å². The van der Waals surface area contributed by atoms with Gasteiger partial charge in [0.2, 0.25) is 0 Å². The van der Waals surface area contributed by atoms with E-state index in [0.29, 0.717) is 0 Å². The van der Waals surface area contributed by atoms with E-state index in [9.17, 15) is 18.3 Å². The summed E-state index contributed by atoms with van der Waals surface area (Å²) in [7, 11) is -3.96. The molecule has 0 bridgehead atoms. The molecule has 2 N–H and O–H groups in total. The van der Waals surface area contributed by atoms with Gasteiger partial charge >= 0.3 is 6.09 Å². The van der Waals surface area contributed by atoms with Crippen LogP contribution in [0.5, 0.6) is 0 Å². The summed E-state index contributed by atoms with van der Waals surface area (Å²) in [5.74, 6) is 0. The largest absolute Gasteiger partial charge is 0.445 e. The minimum atomic E-state index is -3.96. The molecule has 0 heterocycles. The number of nitrogens with one attached hydrogen (secondary N) is 1. The third kappa shape index (κ3) is 6.47. The average Bonchev–Trinajstić information content (AvgIpc) is 2.64. The molecule has 2 rings (SSSR count). The molecule has 2 aromatic rings. The molecule has 0 radical (unpaired) electrons. The summed E-state index contributed by atoms with van der Waals surface area (Å²) >= 11 is 0. The van der Waals surface area contributed by atoms with Crippen LogP contribution in [0.2, 0.25) is 0 Å². The Balaban J connectivity index is 1.72. The van der Waals surface area contributed by atoms with Gasteiger partial charge in [0.05, 0.1) is 17.6 Å². The van der Waals surface area contributed by atoms with Crippen molar-refractivity contribution in [3.05, 3.63) is 65.7 Å². The quantitative estimate of drug-likeness (QED) is 0.680. The van der Waals surface area contributed by atoms with Gasteiger partial charge in [0.1, 0.15) is 6.61 Å². The fourth-order valence-electron chi connectivity index (χ4n) is 1.98. The summed E-state index contributed by atoms with van der Waals surface area (Å²) in [6.45, 7) is 1.26. The molecule has 0 aliphatic rings. The number of hydrogen-bond acceptors (Lipinski definition) is 6. The van der Waals surface area contributed by atoms with Crippen LogP contribution in [0.4, 0.5) is 4.79 Å². The molecule has 26 heavy (non-hydrogen) atoms. The fraction of sp³-hybridized carbons (Fsp3) is 0.278. The number of aryl methyl sites for hydroxylation is 1. The predicted molar refractivity (Wildman–Crippen MR) is 95.0 cm³/mol. The topological polar surface area (TPSA) is 102 Å². The molecule has 140 valence electrons. The highest BCUT2D eigenvalue weighted by molar-refractivity contribution is 7.86. The van der Waals surface area contributed by atoms with Gasteiger partial charge in [-0.1, -0.05) is 48.0 Å². The van der Waals surface area contributed by atoms with Gasteiger partial charge in [-0.25, -0.2) is 4.79 Å². The molecular formula is C18H21NO6S. The van der Waals surface area contributed by atoms with Crippen LogP contribution in [-0.2, 0) is 25.6 Å². The number of amides is 1. The third-order valence-electron chi connectivity index (χ3n) is 3.42. The molecule has 0 fully saturated rings. The molecular weight excluding hydrogens is 358 g/mol. The number of ether oxygens (including phenoxy) is 1. The van der Waals surface area contributed by atoms with E-state index < -0.39 is 28.9 Å². The van der Waals surface area contributed by atoms with Gasteiger partial charge in [-0.2, -0.15) is 8.42 Å². The Morgan fingerprint density at radius 1 is 1.12 bits per heavy atom. The number of aliphatic hydroxyl groups is 1. The molecule has 1 amide bonds. The zero-order valence-electron chi connectivity index (χ0n) is 14.3. The van der Waals surface area contributed by atoms with Crippen LogP contribution < -0.4 is 5.32 Å². The lowest BCUT2D eigenvalue weighted by molar-refractivity contribution is 0.0988. The SMILES string of the molecule is Cc1ccc(S(=O)(=O)OC[C@@H](O)CNC(=O)OCc2ccccc2)cc1. The zero-order chi connectivity index (χ0) is 19.0. The van der Waals surface area contributed by atoms with Gasteiger partial charge in [-0.05, 0) is 24.6 Å². The molecule has 8 heteroatoms. The molecule has 0 aliphatic carbocycles. The van der Waals surface area contributed by atoms with E-state index >= 15 is 0 Å². The second kappa shape index (κ2) is 9.33. The number of alkyl carbamates (subject to hydrolysis) is 1. The summed E-state index contributed by atoms with van der Waals surface area (Å²) in [5, 5.41) is 12.1. The van der Waals surface area contributed by atoms with Crippen molar-refractivity contribution in [3.8, 4) is 0 Å². The Morgan fingerprint density at radius 2 is 1.77 bits per heavy atom. The van der Waals surface area contributed by atoms with Gasteiger partial charge < -0.3 is 15.2 Å². The Labute approximate surface area is 152 Å². The van der Waals surface area contributed by atoms with Gasteiger partial charge in [-0.15, -0.1) is 0 Å². The normalized spacial score (nSPS) is 12.4. The Bertz CT molecular complexity index is 805. The second-order valence-electron chi connectivity index (χ2n) is 5.65. The molecule has 0 aliphatic heterocycles. The lowest BCUT2D eigenvalue weighted by atomic mass is 10.2. The van der Waals surface area contributed by atoms with Crippen molar-refractivity contribution < 1.29 is 27.2 Å². The van der Waals surface area contributed by atoms with Crippen LogP contribution in [0.15, 0.2) is 59.5 Å². The van der Waals surface area contributed by atoms with Crippen LogP contribution in [0.1, 0.15) is 11.1 Å². The maximum absolute atomic E-state index is 12.0. The fourth-order valence-corrected chi connectivity index (χ4v) is 2.92. The molecule has 0 saturated carbocycles. The van der Waals surface area contributed by atoms with E-state index in [1.807, 2.05) is 37.3 Å². The molecule has 0 saturated heterocycles. The number of carbonyl (C=O) groups excluding carboxylic acids is 1. The summed E-state index contributed by atoms with van der Waals surface area (Å²) in [4.78, 5) is 11.6. The van der Waals surface area contributed by atoms with Gasteiger partial charge in [0, 0.05) is 6.54 Å². The first-order chi connectivity index (χ1) is 12.4. The van der Waals surface area contributed by atoms with Crippen LogP contribution >= 0.6 is 0 Å². The number of rotatable bonds is 8. The van der Waals surface area contributed by atoms with Crippen LogP contribution in [-0.4, -0.2) is 38.9 Å². The number of benzene rings is 2. The third-order valence-corrected chi connectivity index (χ3v) is 4.72. The smallest absolute Gasteiger partial charge is 0.407 e. The molecule has 1 atom stereocenters. The molecule has 0 spiro atoms. The molecule has 2 aromatic carbocycles. The number of carbonyl (C=O) groups is 1. The molecule has 0 aromatic heterocycles. The molecule has 7 nitrogen and oxygen atoms in total. The monoisotopic (exact) mass is 379 g/mol. The Hall–Kier alpha value is -2.42. The zero-order valence-corrected chi connectivity index (χ0v) is 15.1. The Kier molecular flexibility index (Phi) is 7.14. The first-order valence-electron chi connectivity index (χ1n) is 7.95. The van der Waals surface area contributed by atoms with Crippen LogP contribution in [0.3, 0.4) is 0 Å². The predicted octanol–water partition coefficient (Wildman–Crippen LogP) is 1.99. The highest BCUT2D eigenvalue weighted by Gasteiger charge is 2.18. The lowest BCUT2D eigenvalue weighted by Crippen LogP contribution is -2.35. The standard InChI is InChI=1S/C18H21NO6S/c1-14-7-9-17(10-8-14)26(22,23)25-13-16(20)11-19-18(21)24-12-15-5-3-2-4-6-15/h2-10,16,20H,11-13H2,1H3,(H,19,21)/t16-/m0/s1. The van der Waals surface area contributed by atoms with Crippen molar-refractivity contribution >= 4 is 16.2 Å². The van der Waals surface area contributed by atoms with E-state index in [1.54, 1.807) is 12.1 Å². The minimum absolute atomic E-state index is 0.00512. The first-order valence-corrected chi connectivity index (χ1v) is 9.36.